The number of rotatable bonds is 5. The molecule has 6 heteroatoms. The number of phenols is 1. The lowest BCUT2D eigenvalue weighted by Crippen LogP contribution is -2.57. The van der Waals surface area contributed by atoms with Crippen LogP contribution in [0.15, 0.2) is 54.7 Å². The molecule has 0 spiro atoms. The van der Waals surface area contributed by atoms with Gasteiger partial charge in [-0.1, -0.05) is 23.7 Å². The summed E-state index contributed by atoms with van der Waals surface area (Å²) in [4.78, 5) is 6.90. The molecule has 0 amide bonds. The molecule has 3 aromatic rings. The minimum absolute atomic E-state index is 0.0778. The van der Waals surface area contributed by atoms with Crippen LogP contribution in [-0.4, -0.2) is 34.4 Å². The molecule has 1 aliphatic rings. The van der Waals surface area contributed by atoms with Crippen molar-refractivity contribution in [3.63, 3.8) is 0 Å². The zero-order valence-corrected chi connectivity index (χ0v) is 19.2. The molecule has 2 unspecified atom stereocenters. The number of aromatic hydroxyl groups is 1. The number of benzene rings is 2. The molecule has 1 aromatic heterocycles. The maximum atomic E-state index is 9.87. The number of halogens is 1. The number of anilines is 1. The Morgan fingerprint density at radius 2 is 1.90 bits per heavy atom. The van der Waals surface area contributed by atoms with Crippen molar-refractivity contribution in [2.75, 3.05) is 11.4 Å². The first-order chi connectivity index (χ1) is 14.8. The van der Waals surface area contributed by atoms with E-state index in [1.54, 1.807) is 12.1 Å². The van der Waals surface area contributed by atoms with Gasteiger partial charge in [0.25, 0.3) is 0 Å². The number of pyridine rings is 1. The highest BCUT2D eigenvalue weighted by molar-refractivity contribution is 6.30. The summed E-state index contributed by atoms with van der Waals surface area (Å²) in [6.07, 6.45) is 4.06. The van der Waals surface area contributed by atoms with Gasteiger partial charge in [0.1, 0.15) is 5.75 Å². The maximum Gasteiger partial charge on any atom is 0.117 e. The van der Waals surface area contributed by atoms with Gasteiger partial charge in [0.15, 0.2) is 0 Å². The molecule has 2 heterocycles. The Morgan fingerprint density at radius 3 is 2.65 bits per heavy atom. The first-order valence-electron chi connectivity index (χ1n) is 10.9. The number of piperidine rings is 1. The molecule has 0 saturated carbocycles. The summed E-state index contributed by atoms with van der Waals surface area (Å²) in [6, 6.07) is 15.9. The molecule has 3 N–H and O–H groups in total. The average Bonchev–Trinajstić information content (AvgIpc) is 2.72. The first kappa shape index (κ1) is 21.9. The number of hydrogen-bond donors (Lipinski definition) is 3. The van der Waals surface area contributed by atoms with E-state index in [0.717, 1.165) is 47.5 Å². The number of fused-ring (bicyclic) bond motifs is 1. The molecule has 31 heavy (non-hydrogen) atoms. The Labute approximate surface area is 189 Å². The molecule has 1 saturated heterocycles. The van der Waals surface area contributed by atoms with Gasteiger partial charge in [-0.25, -0.2) is 0 Å². The van der Waals surface area contributed by atoms with Crippen LogP contribution in [0.25, 0.3) is 10.9 Å². The van der Waals surface area contributed by atoms with Crippen LogP contribution in [0.4, 0.5) is 5.69 Å². The zero-order valence-electron chi connectivity index (χ0n) is 18.4. The third-order valence-electron chi connectivity index (χ3n) is 5.71. The fourth-order valence-electron chi connectivity index (χ4n) is 4.40. The van der Waals surface area contributed by atoms with Crippen molar-refractivity contribution in [2.45, 2.75) is 57.9 Å². The van der Waals surface area contributed by atoms with Gasteiger partial charge in [0, 0.05) is 53.0 Å². The summed E-state index contributed by atoms with van der Waals surface area (Å²) >= 11 is 6.05. The summed E-state index contributed by atoms with van der Waals surface area (Å²) in [5.41, 5.74) is 3.24. The van der Waals surface area contributed by atoms with Crippen LogP contribution in [0.3, 0.4) is 0 Å². The average molecular weight is 439 g/mol. The van der Waals surface area contributed by atoms with E-state index >= 15 is 0 Å². The van der Waals surface area contributed by atoms with E-state index in [-0.39, 0.29) is 17.5 Å². The molecule has 2 aromatic carbocycles. The van der Waals surface area contributed by atoms with Gasteiger partial charge in [-0.2, -0.15) is 0 Å². The second-order valence-corrected chi connectivity index (χ2v) is 9.80. The highest BCUT2D eigenvalue weighted by Crippen LogP contribution is 2.32. The first-order valence-corrected chi connectivity index (χ1v) is 11.3. The number of aromatic nitrogens is 1. The molecule has 1 aliphatic heterocycles. The van der Waals surface area contributed by atoms with Gasteiger partial charge >= 0.3 is 0 Å². The van der Waals surface area contributed by atoms with Crippen molar-refractivity contribution in [3.05, 3.63) is 65.3 Å². The number of nitrogens with one attached hydrogen (secondary N) is 2. The van der Waals surface area contributed by atoms with Crippen molar-refractivity contribution in [2.24, 2.45) is 0 Å². The van der Waals surface area contributed by atoms with E-state index in [2.05, 4.69) is 59.5 Å². The van der Waals surface area contributed by atoms with Crippen LogP contribution in [0.1, 0.15) is 39.2 Å². The monoisotopic (exact) mass is 438 g/mol. The molecule has 4 rings (SSSR count). The van der Waals surface area contributed by atoms with Gasteiger partial charge in [0.05, 0.1) is 11.7 Å². The standard InChI is InChI=1S/C25H31ClN4O/c1-25(2,3)29-19-11-13-30(23-10-12-27-22-15-20(31)8-9-21(22)23)24(14-19)28-16-17-4-6-18(26)7-5-17/h4-10,12,15,19,24,28-29,31H,11,13-14,16H2,1-3H3. The SMILES string of the molecule is CC(C)(C)NC1CCN(c2ccnc3cc(O)ccc23)C(NCc2ccc(Cl)cc2)C1. The van der Waals surface area contributed by atoms with E-state index in [1.165, 1.54) is 5.56 Å². The van der Waals surface area contributed by atoms with Crippen molar-refractivity contribution in [1.29, 1.82) is 0 Å². The lowest BCUT2D eigenvalue weighted by Gasteiger charge is -2.43. The van der Waals surface area contributed by atoms with E-state index in [1.807, 2.05) is 24.4 Å². The van der Waals surface area contributed by atoms with Crippen molar-refractivity contribution < 1.29 is 5.11 Å². The van der Waals surface area contributed by atoms with Gasteiger partial charge < -0.3 is 15.3 Å². The predicted molar refractivity (Wildman–Crippen MR) is 129 cm³/mol. The molecule has 1 fully saturated rings. The minimum atomic E-state index is 0.0778. The van der Waals surface area contributed by atoms with Gasteiger partial charge in [-0.3, -0.25) is 10.3 Å². The van der Waals surface area contributed by atoms with Gasteiger partial charge in [0.2, 0.25) is 0 Å². The molecule has 0 aliphatic carbocycles. The Bertz CT molecular complexity index is 1030. The Kier molecular flexibility index (Phi) is 6.37. The van der Waals surface area contributed by atoms with Crippen LogP contribution < -0.4 is 15.5 Å². The van der Waals surface area contributed by atoms with E-state index in [4.69, 9.17) is 11.6 Å². The highest BCUT2D eigenvalue weighted by atomic mass is 35.5. The minimum Gasteiger partial charge on any atom is -0.508 e. The molecule has 0 bridgehead atoms. The Morgan fingerprint density at radius 1 is 1.13 bits per heavy atom. The Balaban J connectivity index is 1.60. The third kappa shape index (κ3) is 5.48. The van der Waals surface area contributed by atoms with Crippen LogP contribution >= 0.6 is 11.6 Å². The summed E-state index contributed by atoms with van der Waals surface area (Å²) in [6.45, 7) is 8.37. The van der Waals surface area contributed by atoms with E-state index in [9.17, 15) is 5.11 Å². The Hall–Kier alpha value is -2.34. The highest BCUT2D eigenvalue weighted by Gasteiger charge is 2.31. The maximum absolute atomic E-state index is 9.87. The summed E-state index contributed by atoms with van der Waals surface area (Å²) < 4.78 is 0. The number of phenolic OH excluding ortho intramolecular Hbond substituents is 1. The fourth-order valence-corrected chi connectivity index (χ4v) is 4.53. The van der Waals surface area contributed by atoms with Crippen LogP contribution in [0, 0.1) is 0 Å². The van der Waals surface area contributed by atoms with E-state index < -0.39 is 0 Å². The van der Waals surface area contributed by atoms with Gasteiger partial charge in [-0.15, -0.1) is 0 Å². The molecule has 5 nitrogen and oxygen atoms in total. The summed E-state index contributed by atoms with van der Waals surface area (Å²) in [5, 5.41) is 19.2. The lowest BCUT2D eigenvalue weighted by atomic mass is 9.96. The lowest BCUT2D eigenvalue weighted by molar-refractivity contribution is 0.269. The molecule has 2 atom stereocenters. The smallest absolute Gasteiger partial charge is 0.117 e. The second kappa shape index (κ2) is 9.03. The summed E-state index contributed by atoms with van der Waals surface area (Å²) in [5.74, 6) is 0.239. The predicted octanol–water partition coefficient (Wildman–Crippen LogP) is 5.07. The normalized spacial score (nSPS) is 19.7. The molecular weight excluding hydrogens is 408 g/mol. The zero-order chi connectivity index (χ0) is 22.0. The van der Waals surface area contributed by atoms with Crippen LogP contribution in [-0.2, 0) is 6.54 Å². The van der Waals surface area contributed by atoms with E-state index in [0.29, 0.717) is 6.04 Å². The largest absolute Gasteiger partial charge is 0.508 e. The second-order valence-electron chi connectivity index (χ2n) is 9.36. The van der Waals surface area contributed by atoms with Crippen molar-refractivity contribution in [3.8, 4) is 5.75 Å². The number of hydrogen-bond acceptors (Lipinski definition) is 5. The molecule has 164 valence electrons. The third-order valence-corrected chi connectivity index (χ3v) is 5.96. The molecular formula is C25H31ClN4O. The quantitative estimate of drug-likeness (QED) is 0.519. The van der Waals surface area contributed by atoms with Crippen LogP contribution in [0.2, 0.25) is 5.02 Å². The molecule has 0 radical (unpaired) electrons. The van der Waals surface area contributed by atoms with Crippen LogP contribution in [0.5, 0.6) is 5.75 Å². The fraction of sp³-hybridized carbons (Fsp3) is 0.400. The van der Waals surface area contributed by atoms with Gasteiger partial charge in [-0.05, 0) is 69.5 Å². The summed E-state index contributed by atoms with van der Waals surface area (Å²) in [7, 11) is 0. The number of nitrogens with zero attached hydrogens (tertiary/aromatic N) is 2. The van der Waals surface area contributed by atoms with Crippen molar-refractivity contribution in [1.82, 2.24) is 15.6 Å². The van der Waals surface area contributed by atoms with Crippen molar-refractivity contribution >= 4 is 28.2 Å². The topological polar surface area (TPSA) is 60.4 Å².